The van der Waals surface area contributed by atoms with E-state index < -0.39 is 11.6 Å². The quantitative estimate of drug-likeness (QED) is 0.859. The van der Waals surface area contributed by atoms with Gasteiger partial charge in [-0.05, 0) is 30.2 Å². The summed E-state index contributed by atoms with van der Waals surface area (Å²) >= 11 is 0. The Morgan fingerprint density at radius 2 is 2.10 bits per heavy atom. The third-order valence-corrected chi connectivity index (χ3v) is 3.20. The standard InChI is InChI=1S/C16H17FN2O2/c1-3-4-10-5-7-12(21-2)14(15(10)17)16(20)11-6-8-13(18)19-9-11/h5-9H,3-4H2,1-2H3,(H2,18,19). The van der Waals surface area contributed by atoms with E-state index in [1.807, 2.05) is 6.92 Å². The highest BCUT2D eigenvalue weighted by Gasteiger charge is 2.22. The number of methoxy groups -OCH3 is 1. The molecule has 0 saturated carbocycles. The van der Waals surface area contributed by atoms with Gasteiger partial charge in [0, 0.05) is 11.8 Å². The maximum Gasteiger partial charge on any atom is 0.201 e. The van der Waals surface area contributed by atoms with Gasteiger partial charge in [-0.1, -0.05) is 19.4 Å². The van der Waals surface area contributed by atoms with Crippen LogP contribution in [0.15, 0.2) is 30.5 Å². The zero-order chi connectivity index (χ0) is 15.4. The average Bonchev–Trinajstić information content (AvgIpc) is 2.49. The number of ketones is 1. The molecule has 0 bridgehead atoms. The van der Waals surface area contributed by atoms with Gasteiger partial charge in [0.25, 0.3) is 0 Å². The molecular formula is C16H17FN2O2. The van der Waals surface area contributed by atoms with E-state index in [-0.39, 0.29) is 16.9 Å². The summed E-state index contributed by atoms with van der Waals surface area (Å²) in [6, 6.07) is 6.30. The molecule has 110 valence electrons. The molecule has 2 aromatic rings. The Balaban J connectivity index is 2.52. The number of aromatic nitrogens is 1. The molecule has 0 saturated heterocycles. The first-order chi connectivity index (χ1) is 10.1. The number of hydrogen-bond acceptors (Lipinski definition) is 4. The van der Waals surface area contributed by atoms with Crippen LogP contribution in [0, 0.1) is 5.82 Å². The van der Waals surface area contributed by atoms with Gasteiger partial charge in [0.2, 0.25) is 5.78 Å². The second-order valence-electron chi connectivity index (χ2n) is 4.67. The molecule has 2 rings (SSSR count). The van der Waals surface area contributed by atoms with Gasteiger partial charge in [-0.2, -0.15) is 0 Å². The molecule has 5 heteroatoms. The molecule has 0 aliphatic rings. The van der Waals surface area contributed by atoms with Crippen LogP contribution in [0.1, 0.15) is 34.8 Å². The Kier molecular flexibility index (Phi) is 4.52. The second-order valence-corrected chi connectivity index (χ2v) is 4.67. The van der Waals surface area contributed by atoms with Crippen LogP contribution in [0.25, 0.3) is 0 Å². The third-order valence-electron chi connectivity index (χ3n) is 3.20. The SMILES string of the molecule is CCCc1ccc(OC)c(C(=O)c2ccc(N)nc2)c1F. The van der Waals surface area contributed by atoms with Crippen molar-refractivity contribution >= 4 is 11.6 Å². The van der Waals surface area contributed by atoms with Crippen LogP contribution in [0.4, 0.5) is 10.2 Å². The van der Waals surface area contributed by atoms with E-state index in [0.29, 0.717) is 17.8 Å². The number of aryl methyl sites for hydroxylation is 1. The number of hydrogen-bond donors (Lipinski definition) is 1. The Morgan fingerprint density at radius 1 is 1.33 bits per heavy atom. The van der Waals surface area contributed by atoms with E-state index in [9.17, 15) is 9.18 Å². The summed E-state index contributed by atoms with van der Waals surface area (Å²) in [7, 11) is 1.41. The van der Waals surface area contributed by atoms with E-state index in [2.05, 4.69) is 4.98 Å². The topological polar surface area (TPSA) is 65.2 Å². The van der Waals surface area contributed by atoms with Crippen molar-refractivity contribution < 1.29 is 13.9 Å². The minimum absolute atomic E-state index is 0.0602. The number of anilines is 1. The summed E-state index contributed by atoms with van der Waals surface area (Å²) in [5, 5.41) is 0. The number of benzene rings is 1. The molecule has 2 N–H and O–H groups in total. The van der Waals surface area contributed by atoms with Gasteiger partial charge in [-0.25, -0.2) is 9.37 Å². The van der Waals surface area contributed by atoms with Crippen molar-refractivity contribution in [1.29, 1.82) is 0 Å². The molecule has 4 nitrogen and oxygen atoms in total. The van der Waals surface area contributed by atoms with Gasteiger partial charge in [0.1, 0.15) is 22.9 Å². The number of carbonyl (C=O) groups excluding carboxylic acids is 1. The minimum atomic E-state index is -0.530. The number of nitrogens with zero attached hydrogens (tertiary/aromatic N) is 1. The van der Waals surface area contributed by atoms with Crippen LogP contribution in [0.2, 0.25) is 0 Å². The largest absolute Gasteiger partial charge is 0.496 e. The first kappa shape index (κ1) is 15.0. The van der Waals surface area contributed by atoms with E-state index in [0.717, 1.165) is 6.42 Å². The molecule has 0 amide bonds. The lowest BCUT2D eigenvalue weighted by atomic mass is 9.98. The van der Waals surface area contributed by atoms with Gasteiger partial charge in [-0.15, -0.1) is 0 Å². The van der Waals surface area contributed by atoms with E-state index in [4.69, 9.17) is 10.5 Å². The highest BCUT2D eigenvalue weighted by Crippen LogP contribution is 2.27. The molecule has 0 radical (unpaired) electrons. The molecular weight excluding hydrogens is 271 g/mol. The number of pyridine rings is 1. The molecule has 0 fully saturated rings. The van der Waals surface area contributed by atoms with Crippen molar-refractivity contribution in [2.75, 3.05) is 12.8 Å². The number of carbonyl (C=O) groups is 1. The number of nitrogens with two attached hydrogens (primary N) is 1. The number of halogens is 1. The van der Waals surface area contributed by atoms with Crippen LogP contribution in [0.3, 0.4) is 0 Å². The van der Waals surface area contributed by atoms with Crippen LogP contribution < -0.4 is 10.5 Å². The van der Waals surface area contributed by atoms with Gasteiger partial charge in [0.15, 0.2) is 0 Å². The van der Waals surface area contributed by atoms with Gasteiger partial charge >= 0.3 is 0 Å². The third kappa shape index (κ3) is 3.02. The van der Waals surface area contributed by atoms with Crippen molar-refractivity contribution in [3.05, 3.63) is 53.0 Å². The lowest BCUT2D eigenvalue weighted by Crippen LogP contribution is -2.10. The highest BCUT2D eigenvalue weighted by atomic mass is 19.1. The van der Waals surface area contributed by atoms with Crippen molar-refractivity contribution in [2.45, 2.75) is 19.8 Å². The summed E-state index contributed by atoms with van der Waals surface area (Å²) in [6.45, 7) is 1.95. The fraction of sp³-hybridized carbons (Fsp3) is 0.250. The molecule has 1 aromatic heterocycles. The molecule has 0 aliphatic heterocycles. The Labute approximate surface area is 122 Å². The normalized spacial score (nSPS) is 10.4. The van der Waals surface area contributed by atoms with E-state index >= 15 is 0 Å². The minimum Gasteiger partial charge on any atom is -0.496 e. The smallest absolute Gasteiger partial charge is 0.201 e. The predicted molar refractivity (Wildman–Crippen MR) is 79.0 cm³/mol. The van der Waals surface area contributed by atoms with E-state index in [1.165, 1.54) is 25.4 Å². The maximum absolute atomic E-state index is 14.6. The first-order valence-corrected chi connectivity index (χ1v) is 6.70. The first-order valence-electron chi connectivity index (χ1n) is 6.70. The van der Waals surface area contributed by atoms with Gasteiger partial charge in [0.05, 0.1) is 7.11 Å². The Morgan fingerprint density at radius 3 is 2.67 bits per heavy atom. The van der Waals surface area contributed by atoms with Crippen LogP contribution in [-0.4, -0.2) is 17.9 Å². The zero-order valence-corrected chi connectivity index (χ0v) is 12.0. The molecule has 1 aromatic carbocycles. The molecule has 0 unspecified atom stereocenters. The van der Waals surface area contributed by atoms with Crippen molar-refractivity contribution in [3.63, 3.8) is 0 Å². The van der Waals surface area contributed by atoms with Crippen LogP contribution >= 0.6 is 0 Å². The number of nitrogen functional groups attached to an aromatic ring is 1. The molecule has 0 aliphatic carbocycles. The summed E-state index contributed by atoms with van der Waals surface area (Å²) in [4.78, 5) is 16.4. The van der Waals surface area contributed by atoms with Crippen LogP contribution in [0.5, 0.6) is 5.75 Å². The molecule has 21 heavy (non-hydrogen) atoms. The lowest BCUT2D eigenvalue weighted by Gasteiger charge is -2.12. The van der Waals surface area contributed by atoms with Crippen molar-refractivity contribution in [1.82, 2.24) is 4.98 Å². The molecule has 1 heterocycles. The van der Waals surface area contributed by atoms with Crippen molar-refractivity contribution in [3.8, 4) is 5.75 Å². The monoisotopic (exact) mass is 288 g/mol. The molecule has 0 spiro atoms. The van der Waals surface area contributed by atoms with Crippen LogP contribution in [-0.2, 0) is 6.42 Å². The fourth-order valence-electron chi connectivity index (χ4n) is 2.13. The predicted octanol–water partition coefficient (Wildman–Crippen LogP) is 3.00. The zero-order valence-electron chi connectivity index (χ0n) is 12.0. The Bertz CT molecular complexity index is 654. The van der Waals surface area contributed by atoms with Gasteiger partial charge in [-0.3, -0.25) is 4.79 Å². The Hall–Kier alpha value is -2.43. The van der Waals surface area contributed by atoms with E-state index in [1.54, 1.807) is 12.1 Å². The average molecular weight is 288 g/mol. The number of rotatable bonds is 5. The summed E-state index contributed by atoms with van der Waals surface area (Å²) in [5.41, 5.74) is 6.21. The molecule has 0 atom stereocenters. The number of ether oxygens (including phenoxy) is 1. The van der Waals surface area contributed by atoms with Crippen molar-refractivity contribution in [2.24, 2.45) is 0 Å². The lowest BCUT2D eigenvalue weighted by molar-refractivity contribution is 0.103. The summed E-state index contributed by atoms with van der Waals surface area (Å²) in [5.74, 6) is -0.472. The van der Waals surface area contributed by atoms with Gasteiger partial charge < -0.3 is 10.5 Å². The maximum atomic E-state index is 14.6. The highest BCUT2D eigenvalue weighted by molar-refractivity contribution is 6.11. The fourth-order valence-corrected chi connectivity index (χ4v) is 2.13. The summed E-state index contributed by atoms with van der Waals surface area (Å²) in [6.07, 6.45) is 2.69. The second kappa shape index (κ2) is 6.35. The summed E-state index contributed by atoms with van der Waals surface area (Å²) < 4.78 is 19.7.